The Balaban J connectivity index is 2.47. The largest absolute Gasteiger partial charge is 0.399 e. The summed E-state index contributed by atoms with van der Waals surface area (Å²) in [7, 11) is 4.00. The zero-order chi connectivity index (χ0) is 12.8. The molecule has 0 saturated heterocycles. The average Bonchev–Trinajstić information content (AvgIpc) is 2.23. The van der Waals surface area contributed by atoms with E-state index < -0.39 is 0 Å². The number of carbonyl (C=O) groups is 1. The molecule has 5 heteroatoms. The van der Waals surface area contributed by atoms with Crippen LogP contribution in [0.2, 0.25) is 0 Å². The van der Waals surface area contributed by atoms with Gasteiger partial charge in [-0.1, -0.05) is 0 Å². The highest BCUT2D eigenvalue weighted by molar-refractivity contribution is 5.99. The van der Waals surface area contributed by atoms with E-state index >= 15 is 0 Å². The topological polar surface area (TPSA) is 84.4 Å². The lowest BCUT2D eigenvalue weighted by Crippen LogP contribution is -2.27. The second-order valence-electron chi connectivity index (χ2n) is 4.26. The van der Waals surface area contributed by atoms with Gasteiger partial charge in [0.05, 0.1) is 5.56 Å². The first kappa shape index (κ1) is 13.3. The number of nitrogen functional groups attached to an aromatic ring is 2. The molecule has 0 aromatic heterocycles. The second kappa shape index (κ2) is 6.10. The molecular formula is C12H20N4O. The van der Waals surface area contributed by atoms with Gasteiger partial charge >= 0.3 is 0 Å². The Kier molecular flexibility index (Phi) is 4.78. The van der Waals surface area contributed by atoms with E-state index in [9.17, 15) is 4.79 Å². The van der Waals surface area contributed by atoms with Crippen molar-refractivity contribution in [1.82, 2.24) is 10.2 Å². The zero-order valence-corrected chi connectivity index (χ0v) is 10.4. The molecule has 1 aromatic carbocycles. The maximum Gasteiger partial charge on any atom is 0.253 e. The van der Waals surface area contributed by atoms with Crippen molar-refractivity contribution in [2.45, 2.75) is 6.42 Å². The summed E-state index contributed by atoms with van der Waals surface area (Å²) in [6.07, 6.45) is 0.910. The highest BCUT2D eigenvalue weighted by Crippen LogP contribution is 2.15. The quantitative estimate of drug-likeness (QED) is 0.514. The normalized spacial score (nSPS) is 10.5. The van der Waals surface area contributed by atoms with E-state index in [-0.39, 0.29) is 5.91 Å². The fourth-order valence-corrected chi connectivity index (χ4v) is 1.48. The summed E-state index contributed by atoms with van der Waals surface area (Å²) in [5.74, 6) is -0.152. The monoisotopic (exact) mass is 236 g/mol. The molecule has 0 bridgehead atoms. The predicted octanol–water partition coefficient (Wildman–Crippen LogP) is 0.533. The molecular weight excluding hydrogens is 216 g/mol. The SMILES string of the molecule is CN(C)CCCNC(=O)c1ccc(N)cc1N. The molecule has 94 valence electrons. The summed E-state index contributed by atoms with van der Waals surface area (Å²) in [5, 5.41) is 2.83. The van der Waals surface area contributed by atoms with E-state index in [1.165, 1.54) is 0 Å². The fourth-order valence-electron chi connectivity index (χ4n) is 1.48. The number of hydrogen-bond donors (Lipinski definition) is 3. The van der Waals surface area contributed by atoms with Crippen molar-refractivity contribution in [2.24, 2.45) is 0 Å². The van der Waals surface area contributed by atoms with Crippen LogP contribution < -0.4 is 16.8 Å². The van der Waals surface area contributed by atoms with Crippen LogP contribution in [0, 0.1) is 0 Å². The van der Waals surface area contributed by atoms with E-state index in [4.69, 9.17) is 11.5 Å². The molecule has 0 atom stereocenters. The molecule has 0 saturated carbocycles. The van der Waals surface area contributed by atoms with Gasteiger partial charge in [0.1, 0.15) is 0 Å². The molecule has 0 spiro atoms. The number of nitrogens with two attached hydrogens (primary N) is 2. The third-order valence-corrected chi connectivity index (χ3v) is 2.39. The maximum absolute atomic E-state index is 11.8. The first-order valence-corrected chi connectivity index (χ1v) is 5.58. The van der Waals surface area contributed by atoms with E-state index in [2.05, 4.69) is 10.2 Å². The first-order valence-electron chi connectivity index (χ1n) is 5.58. The van der Waals surface area contributed by atoms with Crippen LogP contribution in [0.25, 0.3) is 0 Å². The minimum absolute atomic E-state index is 0.152. The van der Waals surface area contributed by atoms with Crippen molar-refractivity contribution in [3.8, 4) is 0 Å². The molecule has 5 nitrogen and oxygen atoms in total. The van der Waals surface area contributed by atoms with Crippen molar-refractivity contribution in [3.05, 3.63) is 23.8 Å². The number of carbonyl (C=O) groups excluding carboxylic acids is 1. The summed E-state index contributed by atoms with van der Waals surface area (Å²) < 4.78 is 0. The minimum Gasteiger partial charge on any atom is -0.399 e. The van der Waals surface area contributed by atoms with Crippen molar-refractivity contribution >= 4 is 17.3 Å². The fraction of sp³-hybridized carbons (Fsp3) is 0.417. The molecule has 1 aromatic rings. The van der Waals surface area contributed by atoms with Gasteiger partial charge in [-0.25, -0.2) is 0 Å². The van der Waals surface area contributed by atoms with Gasteiger partial charge < -0.3 is 21.7 Å². The van der Waals surface area contributed by atoms with Crippen LogP contribution in [0.15, 0.2) is 18.2 Å². The lowest BCUT2D eigenvalue weighted by molar-refractivity contribution is 0.0953. The molecule has 0 heterocycles. The van der Waals surface area contributed by atoms with Crippen molar-refractivity contribution < 1.29 is 4.79 Å². The predicted molar refractivity (Wildman–Crippen MR) is 70.8 cm³/mol. The van der Waals surface area contributed by atoms with Gasteiger partial charge in [0.2, 0.25) is 0 Å². The number of benzene rings is 1. The summed E-state index contributed by atoms with van der Waals surface area (Å²) in [5.41, 5.74) is 12.7. The smallest absolute Gasteiger partial charge is 0.253 e. The Bertz CT molecular complexity index is 390. The Morgan fingerprint density at radius 1 is 1.35 bits per heavy atom. The van der Waals surface area contributed by atoms with E-state index in [0.717, 1.165) is 13.0 Å². The van der Waals surface area contributed by atoms with E-state index in [0.29, 0.717) is 23.5 Å². The van der Waals surface area contributed by atoms with Gasteiger partial charge in [-0.05, 0) is 45.3 Å². The van der Waals surface area contributed by atoms with E-state index in [1.54, 1.807) is 18.2 Å². The number of hydrogen-bond acceptors (Lipinski definition) is 4. The van der Waals surface area contributed by atoms with Crippen molar-refractivity contribution in [3.63, 3.8) is 0 Å². The number of nitrogens with zero attached hydrogens (tertiary/aromatic N) is 1. The van der Waals surface area contributed by atoms with Gasteiger partial charge in [-0.15, -0.1) is 0 Å². The average molecular weight is 236 g/mol. The van der Waals surface area contributed by atoms with Crippen molar-refractivity contribution in [1.29, 1.82) is 0 Å². The number of amides is 1. The molecule has 0 unspecified atom stereocenters. The summed E-state index contributed by atoms with van der Waals surface area (Å²) >= 11 is 0. The van der Waals surface area contributed by atoms with Crippen LogP contribution in [-0.4, -0.2) is 38.0 Å². The lowest BCUT2D eigenvalue weighted by atomic mass is 10.1. The standard InChI is InChI=1S/C12H20N4O/c1-16(2)7-3-6-15-12(17)10-5-4-9(13)8-11(10)14/h4-5,8H,3,6-7,13-14H2,1-2H3,(H,15,17). The Morgan fingerprint density at radius 2 is 2.06 bits per heavy atom. The molecule has 5 N–H and O–H groups in total. The molecule has 1 rings (SSSR count). The highest BCUT2D eigenvalue weighted by atomic mass is 16.1. The van der Waals surface area contributed by atoms with Crippen LogP contribution in [-0.2, 0) is 0 Å². The molecule has 0 aliphatic heterocycles. The number of nitrogens with one attached hydrogen (secondary N) is 1. The van der Waals surface area contributed by atoms with Crippen LogP contribution in [0.4, 0.5) is 11.4 Å². The zero-order valence-electron chi connectivity index (χ0n) is 10.4. The third-order valence-electron chi connectivity index (χ3n) is 2.39. The lowest BCUT2D eigenvalue weighted by Gasteiger charge is -2.11. The Hall–Kier alpha value is -1.75. The van der Waals surface area contributed by atoms with Gasteiger partial charge in [-0.2, -0.15) is 0 Å². The van der Waals surface area contributed by atoms with E-state index in [1.807, 2.05) is 14.1 Å². The summed E-state index contributed by atoms with van der Waals surface area (Å²) in [4.78, 5) is 13.8. The molecule has 0 aliphatic carbocycles. The first-order chi connectivity index (χ1) is 8.00. The highest BCUT2D eigenvalue weighted by Gasteiger charge is 2.08. The van der Waals surface area contributed by atoms with Gasteiger partial charge in [0, 0.05) is 17.9 Å². The van der Waals surface area contributed by atoms with Crippen molar-refractivity contribution in [2.75, 3.05) is 38.7 Å². The third kappa shape index (κ3) is 4.32. The number of rotatable bonds is 5. The number of anilines is 2. The molecule has 0 radical (unpaired) electrons. The molecule has 1 amide bonds. The van der Waals surface area contributed by atoms with Crippen LogP contribution in [0.3, 0.4) is 0 Å². The minimum atomic E-state index is -0.152. The van der Waals surface area contributed by atoms with Gasteiger partial charge in [-0.3, -0.25) is 4.79 Å². The molecule has 0 fully saturated rings. The summed E-state index contributed by atoms with van der Waals surface area (Å²) in [6.45, 7) is 1.58. The Morgan fingerprint density at radius 3 is 2.65 bits per heavy atom. The van der Waals surface area contributed by atoms with Gasteiger partial charge in [0.15, 0.2) is 0 Å². The maximum atomic E-state index is 11.8. The molecule has 0 aliphatic rings. The van der Waals surface area contributed by atoms with Crippen LogP contribution in [0.5, 0.6) is 0 Å². The Labute approximate surface area is 102 Å². The second-order valence-corrected chi connectivity index (χ2v) is 4.26. The van der Waals surface area contributed by atoms with Crippen LogP contribution >= 0.6 is 0 Å². The van der Waals surface area contributed by atoms with Crippen LogP contribution in [0.1, 0.15) is 16.8 Å². The van der Waals surface area contributed by atoms with Gasteiger partial charge in [0.25, 0.3) is 5.91 Å². The summed E-state index contributed by atoms with van der Waals surface area (Å²) in [6, 6.07) is 4.91. The molecule has 17 heavy (non-hydrogen) atoms.